The zero-order chi connectivity index (χ0) is 9.68. The number of aromatic nitrogens is 1. The minimum absolute atomic E-state index is 0.0327. The maximum Gasteiger partial charge on any atom is 0.140 e. The molecular weight excluding hydrogens is 162 g/mol. The monoisotopic (exact) mass is 171 g/mol. The second-order valence-corrected chi connectivity index (χ2v) is 2.58. The summed E-state index contributed by atoms with van der Waals surface area (Å²) in [5.74, 6) is 2.54. The Kier molecular flexibility index (Phi) is 2.89. The van der Waals surface area contributed by atoms with Gasteiger partial charge in [-0.3, -0.25) is 0 Å². The van der Waals surface area contributed by atoms with Crippen LogP contribution in [-0.2, 0) is 0 Å². The Morgan fingerprint density at radius 3 is 2.85 bits per heavy atom. The fraction of sp³-hybridized carbons (Fsp3) is 0.200. The molecule has 3 nitrogen and oxygen atoms in total. The Hall–Kier alpha value is -2.00. The lowest BCUT2D eigenvalue weighted by molar-refractivity contribution is 1.03. The number of pyridine rings is 1. The molecule has 0 aliphatic carbocycles. The predicted octanol–water partition coefficient (Wildman–Crippen LogP) is 1.39. The number of terminal acetylenes is 1. The van der Waals surface area contributed by atoms with Crippen LogP contribution in [0.25, 0.3) is 0 Å². The Labute approximate surface area is 77.4 Å². The molecule has 0 bridgehead atoms. The fourth-order valence-corrected chi connectivity index (χ4v) is 0.837. The van der Waals surface area contributed by atoms with Gasteiger partial charge >= 0.3 is 0 Å². The van der Waals surface area contributed by atoms with E-state index in [1.165, 1.54) is 0 Å². The molecule has 0 aromatic carbocycles. The van der Waals surface area contributed by atoms with Crippen molar-refractivity contribution in [2.75, 3.05) is 5.32 Å². The molecule has 1 aromatic rings. The molecule has 0 fully saturated rings. The third kappa shape index (κ3) is 2.50. The second kappa shape index (κ2) is 4.13. The summed E-state index contributed by atoms with van der Waals surface area (Å²) in [6, 6.07) is 5.33. The first-order chi connectivity index (χ1) is 6.26. The molecule has 0 radical (unpaired) electrons. The summed E-state index contributed by atoms with van der Waals surface area (Å²) in [6.45, 7) is 1.87. The van der Waals surface area contributed by atoms with Crippen molar-refractivity contribution in [2.24, 2.45) is 0 Å². The highest BCUT2D eigenvalue weighted by Gasteiger charge is 1.97. The van der Waals surface area contributed by atoms with Gasteiger partial charge in [-0.05, 0) is 19.1 Å². The van der Waals surface area contributed by atoms with Crippen molar-refractivity contribution in [1.82, 2.24) is 4.98 Å². The standard InChI is InChI=1S/C10H9N3/c1-3-8(2)13-10-5-4-9(6-11)12-7-10/h1,4-5,7-8,13H,2H3. The molecule has 64 valence electrons. The number of nitriles is 1. The molecule has 1 rings (SSSR count). The molecule has 0 amide bonds. The molecule has 0 saturated heterocycles. The van der Waals surface area contributed by atoms with Crippen molar-refractivity contribution in [1.29, 1.82) is 5.26 Å². The number of hydrogen-bond acceptors (Lipinski definition) is 3. The van der Waals surface area contributed by atoms with Crippen molar-refractivity contribution in [3.8, 4) is 18.4 Å². The van der Waals surface area contributed by atoms with E-state index in [0.29, 0.717) is 5.69 Å². The Balaban J connectivity index is 2.72. The summed E-state index contributed by atoms with van der Waals surface area (Å²) in [4.78, 5) is 3.89. The van der Waals surface area contributed by atoms with Crippen LogP contribution in [0.5, 0.6) is 0 Å². The van der Waals surface area contributed by atoms with Crippen molar-refractivity contribution < 1.29 is 0 Å². The van der Waals surface area contributed by atoms with Gasteiger partial charge in [0.15, 0.2) is 0 Å². The molecule has 3 heteroatoms. The molecule has 0 aliphatic rings. The smallest absolute Gasteiger partial charge is 0.140 e. The summed E-state index contributed by atoms with van der Waals surface area (Å²) < 4.78 is 0. The summed E-state index contributed by atoms with van der Waals surface area (Å²) in [5.41, 5.74) is 1.23. The van der Waals surface area contributed by atoms with Crippen LogP contribution < -0.4 is 5.32 Å². The highest BCUT2D eigenvalue weighted by molar-refractivity contribution is 5.44. The van der Waals surface area contributed by atoms with Crippen molar-refractivity contribution in [3.63, 3.8) is 0 Å². The first-order valence-electron chi connectivity index (χ1n) is 3.85. The maximum atomic E-state index is 8.49. The molecule has 1 heterocycles. The van der Waals surface area contributed by atoms with Crippen molar-refractivity contribution in [3.05, 3.63) is 24.0 Å². The summed E-state index contributed by atoms with van der Waals surface area (Å²) in [7, 11) is 0. The quantitative estimate of drug-likeness (QED) is 0.684. The van der Waals surface area contributed by atoms with Crippen LogP contribution in [0, 0.1) is 23.7 Å². The van der Waals surface area contributed by atoms with Gasteiger partial charge in [0.25, 0.3) is 0 Å². The van der Waals surface area contributed by atoms with Crippen LogP contribution >= 0.6 is 0 Å². The molecule has 1 unspecified atom stereocenters. The molecule has 13 heavy (non-hydrogen) atoms. The molecule has 0 aliphatic heterocycles. The lowest BCUT2D eigenvalue weighted by Crippen LogP contribution is -2.11. The number of rotatable bonds is 2. The van der Waals surface area contributed by atoms with E-state index in [0.717, 1.165) is 5.69 Å². The van der Waals surface area contributed by atoms with E-state index in [2.05, 4.69) is 16.2 Å². The van der Waals surface area contributed by atoms with E-state index >= 15 is 0 Å². The average Bonchev–Trinajstić information content (AvgIpc) is 2.19. The van der Waals surface area contributed by atoms with Gasteiger partial charge in [-0.2, -0.15) is 5.26 Å². The van der Waals surface area contributed by atoms with Crippen LogP contribution in [0.4, 0.5) is 5.69 Å². The van der Waals surface area contributed by atoms with Crippen LogP contribution in [0.1, 0.15) is 12.6 Å². The van der Waals surface area contributed by atoms with Gasteiger partial charge in [-0.25, -0.2) is 4.98 Å². The Bertz CT molecular complexity index is 353. The van der Waals surface area contributed by atoms with Gasteiger partial charge in [0, 0.05) is 0 Å². The Morgan fingerprint density at radius 1 is 1.62 bits per heavy atom. The van der Waals surface area contributed by atoms with Gasteiger partial charge in [-0.15, -0.1) is 6.42 Å². The third-order valence-corrected chi connectivity index (χ3v) is 1.51. The minimum atomic E-state index is -0.0327. The third-order valence-electron chi connectivity index (χ3n) is 1.51. The van der Waals surface area contributed by atoms with E-state index < -0.39 is 0 Å². The molecule has 1 aromatic heterocycles. The molecule has 1 atom stereocenters. The highest BCUT2D eigenvalue weighted by atomic mass is 14.9. The Morgan fingerprint density at radius 2 is 2.38 bits per heavy atom. The largest absolute Gasteiger partial charge is 0.371 e. The van der Waals surface area contributed by atoms with Gasteiger partial charge in [-0.1, -0.05) is 5.92 Å². The van der Waals surface area contributed by atoms with Gasteiger partial charge in [0.2, 0.25) is 0 Å². The number of nitrogens with one attached hydrogen (secondary N) is 1. The molecule has 0 spiro atoms. The lowest BCUT2D eigenvalue weighted by atomic mass is 10.3. The van der Waals surface area contributed by atoms with Crippen molar-refractivity contribution >= 4 is 5.69 Å². The van der Waals surface area contributed by atoms with E-state index in [1.54, 1.807) is 18.3 Å². The number of anilines is 1. The SMILES string of the molecule is C#CC(C)Nc1ccc(C#N)nc1. The summed E-state index contributed by atoms with van der Waals surface area (Å²) in [5, 5.41) is 11.5. The first kappa shape index (κ1) is 9.09. The molecule has 0 saturated carbocycles. The topological polar surface area (TPSA) is 48.7 Å². The lowest BCUT2D eigenvalue weighted by Gasteiger charge is -2.07. The zero-order valence-corrected chi connectivity index (χ0v) is 7.28. The van der Waals surface area contributed by atoms with Gasteiger partial charge in [0.1, 0.15) is 11.8 Å². The summed E-state index contributed by atoms with van der Waals surface area (Å²) in [6.07, 6.45) is 6.78. The summed E-state index contributed by atoms with van der Waals surface area (Å²) >= 11 is 0. The predicted molar refractivity (Wildman–Crippen MR) is 50.9 cm³/mol. The number of hydrogen-bond donors (Lipinski definition) is 1. The van der Waals surface area contributed by atoms with Crippen LogP contribution in [0.15, 0.2) is 18.3 Å². The maximum absolute atomic E-state index is 8.49. The zero-order valence-electron chi connectivity index (χ0n) is 7.28. The fourth-order valence-electron chi connectivity index (χ4n) is 0.837. The van der Waals surface area contributed by atoms with E-state index in [9.17, 15) is 0 Å². The van der Waals surface area contributed by atoms with Gasteiger partial charge < -0.3 is 5.32 Å². The van der Waals surface area contributed by atoms with E-state index in [4.69, 9.17) is 11.7 Å². The second-order valence-electron chi connectivity index (χ2n) is 2.58. The van der Waals surface area contributed by atoms with Gasteiger partial charge in [0.05, 0.1) is 17.9 Å². The average molecular weight is 171 g/mol. The first-order valence-corrected chi connectivity index (χ1v) is 3.85. The molecular formula is C10H9N3. The van der Waals surface area contributed by atoms with E-state index in [1.807, 2.05) is 13.0 Å². The van der Waals surface area contributed by atoms with Crippen molar-refractivity contribution in [2.45, 2.75) is 13.0 Å². The van der Waals surface area contributed by atoms with Crippen LogP contribution in [-0.4, -0.2) is 11.0 Å². The highest BCUT2D eigenvalue weighted by Crippen LogP contribution is 2.06. The number of nitrogens with zero attached hydrogens (tertiary/aromatic N) is 2. The minimum Gasteiger partial charge on any atom is -0.371 e. The molecule has 1 N–H and O–H groups in total. The van der Waals surface area contributed by atoms with Crippen LogP contribution in [0.3, 0.4) is 0 Å². The normalized spacial score (nSPS) is 11.0. The van der Waals surface area contributed by atoms with Crippen LogP contribution in [0.2, 0.25) is 0 Å². The van der Waals surface area contributed by atoms with E-state index in [-0.39, 0.29) is 6.04 Å².